The van der Waals surface area contributed by atoms with Crippen molar-refractivity contribution in [3.8, 4) is 0 Å². The molecule has 0 spiro atoms. The highest BCUT2D eigenvalue weighted by atomic mass is 35.5. The van der Waals surface area contributed by atoms with Crippen LogP contribution in [0.2, 0.25) is 5.02 Å². The summed E-state index contributed by atoms with van der Waals surface area (Å²) in [6.45, 7) is 1.65. The molecule has 1 aromatic heterocycles. The SMILES string of the molecule is O=c1[nH]c([C@@H]2CNCCO[C@H]2c2ccc(Cl)c(F)c2)no1. The zero-order valence-electron chi connectivity index (χ0n) is 10.9. The Morgan fingerprint density at radius 3 is 3.00 bits per heavy atom. The van der Waals surface area contributed by atoms with Gasteiger partial charge in [0, 0.05) is 13.1 Å². The van der Waals surface area contributed by atoms with Gasteiger partial charge in [-0.15, -0.1) is 0 Å². The molecule has 0 radical (unpaired) electrons. The zero-order chi connectivity index (χ0) is 14.8. The predicted octanol–water partition coefficient (Wildman–Crippen LogP) is 1.60. The number of aromatic nitrogens is 2. The van der Waals surface area contributed by atoms with E-state index in [1.165, 1.54) is 12.1 Å². The molecule has 8 heteroatoms. The van der Waals surface area contributed by atoms with Gasteiger partial charge in [0.15, 0.2) is 5.82 Å². The summed E-state index contributed by atoms with van der Waals surface area (Å²) in [6, 6.07) is 4.52. The molecule has 1 aliphatic rings. The van der Waals surface area contributed by atoms with Crippen molar-refractivity contribution in [3.63, 3.8) is 0 Å². The average Bonchev–Trinajstić information content (AvgIpc) is 2.75. The maximum Gasteiger partial charge on any atom is 0.438 e. The number of nitrogens with zero attached hydrogens (tertiary/aromatic N) is 1. The summed E-state index contributed by atoms with van der Waals surface area (Å²) in [4.78, 5) is 13.7. The van der Waals surface area contributed by atoms with E-state index in [4.69, 9.17) is 16.3 Å². The van der Waals surface area contributed by atoms with E-state index >= 15 is 0 Å². The van der Waals surface area contributed by atoms with Gasteiger partial charge >= 0.3 is 5.76 Å². The molecular formula is C13H13ClFN3O3. The zero-order valence-corrected chi connectivity index (χ0v) is 11.7. The highest BCUT2D eigenvalue weighted by molar-refractivity contribution is 6.30. The van der Waals surface area contributed by atoms with E-state index in [2.05, 4.69) is 20.0 Å². The number of rotatable bonds is 2. The second-order valence-electron chi connectivity index (χ2n) is 4.76. The van der Waals surface area contributed by atoms with Crippen molar-refractivity contribution < 1.29 is 13.7 Å². The first-order valence-electron chi connectivity index (χ1n) is 6.48. The molecule has 21 heavy (non-hydrogen) atoms. The van der Waals surface area contributed by atoms with Crippen molar-refractivity contribution >= 4 is 11.6 Å². The van der Waals surface area contributed by atoms with Gasteiger partial charge in [0.25, 0.3) is 0 Å². The minimum Gasteiger partial charge on any atom is -0.371 e. The molecule has 6 nitrogen and oxygen atoms in total. The number of ether oxygens (including phenoxy) is 1. The van der Waals surface area contributed by atoms with Gasteiger partial charge in [0.05, 0.1) is 23.7 Å². The molecule has 0 aliphatic carbocycles. The van der Waals surface area contributed by atoms with Crippen LogP contribution in [0.3, 0.4) is 0 Å². The van der Waals surface area contributed by atoms with Crippen LogP contribution in [-0.2, 0) is 4.74 Å². The fraction of sp³-hybridized carbons (Fsp3) is 0.385. The van der Waals surface area contributed by atoms with Crippen molar-refractivity contribution in [1.82, 2.24) is 15.5 Å². The molecule has 2 aromatic rings. The van der Waals surface area contributed by atoms with E-state index in [-0.39, 0.29) is 10.9 Å². The molecule has 1 aliphatic heterocycles. The number of benzene rings is 1. The molecule has 1 aromatic carbocycles. The van der Waals surface area contributed by atoms with Crippen molar-refractivity contribution in [3.05, 3.63) is 51.0 Å². The molecule has 0 saturated carbocycles. The van der Waals surface area contributed by atoms with Gasteiger partial charge in [-0.2, -0.15) is 0 Å². The van der Waals surface area contributed by atoms with E-state index in [0.29, 0.717) is 31.1 Å². The first-order valence-corrected chi connectivity index (χ1v) is 6.86. The summed E-state index contributed by atoms with van der Waals surface area (Å²) in [6.07, 6.45) is -0.451. The molecular weight excluding hydrogens is 301 g/mol. The van der Waals surface area contributed by atoms with Crippen LogP contribution in [0, 0.1) is 5.82 Å². The molecule has 2 N–H and O–H groups in total. The third kappa shape index (κ3) is 2.99. The van der Waals surface area contributed by atoms with Crippen LogP contribution in [0.5, 0.6) is 0 Å². The molecule has 1 fully saturated rings. The van der Waals surface area contributed by atoms with Crippen LogP contribution in [0.25, 0.3) is 0 Å². The van der Waals surface area contributed by atoms with Gasteiger partial charge in [-0.25, -0.2) is 9.18 Å². The number of hydrogen-bond donors (Lipinski definition) is 2. The van der Waals surface area contributed by atoms with Crippen LogP contribution in [-0.4, -0.2) is 29.8 Å². The number of H-pyrrole nitrogens is 1. The minimum absolute atomic E-state index is 0.0527. The lowest BCUT2D eigenvalue weighted by Crippen LogP contribution is -2.24. The first-order chi connectivity index (χ1) is 10.1. The van der Waals surface area contributed by atoms with E-state index in [1.807, 2.05) is 0 Å². The minimum atomic E-state index is -0.629. The smallest absolute Gasteiger partial charge is 0.371 e. The second-order valence-corrected chi connectivity index (χ2v) is 5.16. The van der Waals surface area contributed by atoms with Crippen LogP contribution in [0.15, 0.2) is 27.5 Å². The molecule has 3 rings (SSSR count). The Balaban J connectivity index is 1.98. The molecule has 2 atom stereocenters. The summed E-state index contributed by atoms with van der Waals surface area (Å²) < 4.78 is 24.0. The highest BCUT2D eigenvalue weighted by Crippen LogP contribution is 2.34. The highest BCUT2D eigenvalue weighted by Gasteiger charge is 2.31. The quantitative estimate of drug-likeness (QED) is 0.880. The number of hydrogen-bond acceptors (Lipinski definition) is 5. The molecule has 0 bridgehead atoms. The summed E-state index contributed by atoms with van der Waals surface area (Å²) in [7, 11) is 0. The summed E-state index contributed by atoms with van der Waals surface area (Å²) in [5.41, 5.74) is 0.634. The normalized spacial score (nSPS) is 23.0. The van der Waals surface area contributed by atoms with Crippen molar-refractivity contribution in [2.75, 3.05) is 19.7 Å². The van der Waals surface area contributed by atoms with Gasteiger partial charge in [-0.3, -0.25) is 9.51 Å². The Labute approximate surface area is 124 Å². The Hall–Kier alpha value is -1.70. The summed E-state index contributed by atoms with van der Waals surface area (Å²) >= 11 is 5.71. The van der Waals surface area contributed by atoms with Gasteiger partial charge in [0.1, 0.15) is 5.82 Å². The largest absolute Gasteiger partial charge is 0.438 e. The summed E-state index contributed by atoms with van der Waals surface area (Å²) in [5.74, 6) is -1.06. The first kappa shape index (κ1) is 14.2. The topological polar surface area (TPSA) is 80.2 Å². The van der Waals surface area contributed by atoms with Gasteiger partial charge in [-0.1, -0.05) is 22.8 Å². The Bertz CT molecular complexity index is 687. The third-order valence-corrected chi connectivity index (χ3v) is 3.69. The fourth-order valence-electron chi connectivity index (χ4n) is 2.40. The molecule has 112 valence electrons. The van der Waals surface area contributed by atoms with Crippen LogP contribution in [0.1, 0.15) is 23.4 Å². The molecule has 2 heterocycles. The maximum atomic E-state index is 13.7. The van der Waals surface area contributed by atoms with Crippen molar-refractivity contribution in [2.45, 2.75) is 12.0 Å². The van der Waals surface area contributed by atoms with Crippen molar-refractivity contribution in [1.29, 1.82) is 0 Å². The number of aromatic amines is 1. The van der Waals surface area contributed by atoms with Crippen molar-refractivity contribution in [2.24, 2.45) is 0 Å². The lowest BCUT2D eigenvalue weighted by molar-refractivity contribution is 0.0489. The lowest BCUT2D eigenvalue weighted by Gasteiger charge is -2.23. The van der Waals surface area contributed by atoms with E-state index in [9.17, 15) is 9.18 Å². The van der Waals surface area contributed by atoms with Gasteiger partial charge < -0.3 is 10.1 Å². The Morgan fingerprint density at radius 2 is 2.29 bits per heavy atom. The van der Waals surface area contributed by atoms with Crippen LogP contribution >= 0.6 is 11.6 Å². The lowest BCUT2D eigenvalue weighted by atomic mass is 9.94. The standard InChI is InChI=1S/C13H13ClFN3O3/c14-9-2-1-7(5-10(9)15)11-8(6-16-3-4-20-11)12-17-13(19)21-18-12/h1-2,5,8,11,16H,3-4,6H2,(H,17,18,19)/t8-,11+/m1/s1. The van der Waals surface area contributed by atoms with Gasteiger partial charge in [0.2, 0.25) is 0 Å². The molecule has 1 saturated heterocycles. The molecule has 0 amide bonds. The summed E-state index contributed by atoms with van der Waals surface area (Å²) in [5, 5.41) is 6.95. The van der Waals surface area contributed by atoms with E-state index < -0.39 is 17.7 Å². The van der Waals surface area contributed by atoms with E-state index in [0.717, 1.165) is 0 Å². The van der Waals surface area contributed by atoms with Crippen LogP contribution in [0.4, 0.5) is 4.39 Å². The van der Waals surface area contributed by atoms with Gasteiger partial charge in [-0.05, 0) is 17.7 Å². The van der Waals surface area contributed by atoms with Crippen LogP contribution < -0.4 is 11.1 Å². The third-order valence-electron chi connectivity index (χ3n) is 3.39. The van der Waals surface area contributed by atoms with E-state index in [1.54, 1.807) is 6.07 Å². The predicted molar refractivity (Wildman–Crippen MR) is 72.8 cm³/mol. The maximum absolute atomic E-state index is 13.7. The average molecular weight is 314 g/mol. The Morgan fingerprint density at radius 1 is 1.43 bits per heavy atom. The monoisotopic (exact) mass is 313 g/mol. The number of halogens is 2. The fourth-order valence-corrected chi connectivity index (χ4v) is 2.52. The Kier molecular flexibility index (Phi) is 4.05. The second kappa shape index (κ2) is 5.97. The molecule has 0 unspecified atom stereocenters. The number of nitrogens with one attached hydrogen (secondary N) is 2.